The van der Waals surface area contributed by atoms with Crippen LogP contribution >= 0.6 is 0 Å². The second-order valence-electron chi connectivity index (χ2n) is 11.1. The van der Waals surface area contributed by atoms with Crippen molar-refractivity contribution in [1.29, 1.82) is 0 Å². The zero-order chi connectivity index (χ0) is 30.3. The number of benzene rings is 3. The fourth-order valence-electron chi connectivity index (χ4n) is 5.47. The fraction of sp³-hybridized carbons (Fsp3) is 0.394. The van der Waals surface area contributed by atoms with Crippen molar-refractivity contribution in [3.8, 4) is 5.75 Å². The lowest BCUT2D eigenvalue weighted by Gasteiger charge is -2.34. The third-order valence-corrected chi connectivity index (χ3v) is 8.90. The molecule has 1 N–H and O–H groups in total. The summed E-state index contributed by atoms with van der Waals surface area (Å²) in [5.41, 5.74) is 3.73. The van der Waals surface area contributed by atoms with Gasteiger partial charge in [-0.1, -0.05) is 67.4 Å². The van der Waals surface area contributed by atoms with E-state index in [1.165, 1.54) is 4.90 Å². The Bertz CT molecular complexity index is 1490. The second-order valence-corrected chi connectivity index (χ2v) is 13.0. The molecule has 1 aliphatic rings. The van der Waals surface area contributed by atoms with Gasteiger partial charge in [-0.25, -0.2) is 8.42 Å². The Labute approximate surface area is 249 Å². The summed E-state index contributed by atoms with van der Waals surface area (Å²) < 4.78 is 32.7. The van der Waals surface area contributed by atoms with E-state index in [1.54, 1.807) is 13.2 Å². The van der Waals surface area contributed by atoms with Crippen LogP contribution in [0.2, 0.25) is 0 Å². The van der Waals surface area contributed by atoms with Crippen molar-refractivity contribution in [3.63, 3.8) is 0 Å². The third kappa shape index (κ3) is 8.12. The first kappa shape index (κ1) is 31.1. The predicted molar refractivity (Wildman–Crippen MR) is 166 cm³/mol. The molecule has 1 aliphatic carbocycles. The molecule has 9 heteroatoms. The van der Waals surface area contributed by atoms with Crippen LogP contribution in [0, 0.1) is 13.8 Å². The quantitative estimate of drug-likeness (QED) is 0.327. The third-order valence-electron chi connectivity index (χ3n) is 7.77. The number of anilines is 1. The Balaban J connectivity index is 1.75. The molecule has 0 radical (unpaired) electrons. The normalized spacial score (nSPS) is 14.3. The van der Waals surface area contributed by atoms with E-state index in [0.29, 0.717) is 11.4 Å². The minimum atomic E-state index is -3.83. The molecule has 0 aliphatic heterocycles. The summed E-state index contributed by atoms with van der Waals surface area (Å²) in [5.74, 6) is -0.0747. The number of carbonyl (C=O) groups excluding carboxylic acids is 2. The van der Waals surface area contributed by atoms with Gasteiger partial charge in [-0.15, -0.1) is 0 Å². The molecule has 0 spiro atoms. The standard InChI is InChI=1S/C33H41N3O5S/c1-24-17-18-25(2)30(19-24)36(42(4,39)40)23-32(37)35(22-27-13-10-16-29(20-27)41-3)31(21-26-11-6-5-7-12-26)33(38)34-28-14-8-9-15-28/h5-7,10-13,16-20,28,31H,8-9,14-15,21-23H2,1-4H3,(H,34,38)/t31-/m1/s1. The first-order chi connectivity index (χ1) is 20.0. The Morgan fingerprint density at radius 2 is 1.64 bits per heavy atom. The number of rotatable bonds is 12. The highest BCUT2D eigenvalue weighted by atomic mass is 32.2. The molecule has 224 valence electrons. The highest BCUT2D eigenvalue weighted by Gasteiger charge is 2.34. The molecule has 42 heavy (non-hydrogen) atoms. The zero-order valence-corrected chi connectivity index (χ0v) is 25.7. The number of hydrogen-bond acceptors (Lipinski definition) is 5. The number of nitrogens with one attached hydrogen (secondary N) is 1. The van der Waals surface area contributed by atoms with E-state index in [9.17, 15) is 18.0 Å². The molecule has 1 atom stereocenters. The average Bonchev–Trinajstić information content (AvgIpc) is 3.48. The van der Waals surface area contributed by atoms with Gasteiger partial charge in [-0.05, 0) is 67.1 Å². The second kappa shape index (κ2) is 13.9. The van der Waals surface area contributed by atoms with E-state index in [4.69, 9.17) is 4.74 Å². The lowest BCUT2D eigenvalue weighted by Crippen LogP contribution is -2.54. The molecule has 3 aromatic rings. The van der Waals surface area contributed by atoms with Gasteiger partial charge in [0.1, 0.15) is 18.3 Å². The van der Waals surface area contributed by atoms with Crippen LogP contribution in [0.5, 0.6) is 5.75 Å². The first-order valence-electron chi connectivity index (χ1n) is 14.4. The molecule has 3 aromatic carbocycles. The summed E-state index contributed by atoms with van der Waals surface area (Å²) in [5, 5.41) is 3.19. The highest BCUT2D eigenvalue weighted by molar-refractivity contribution is 7.92. The van der Waals surface area contributed by atoms with Crippen LogP contribution in [0.1, 0.15) is 47.9 Å². The van der Waals surface area contributed by atoms with Crippen molar-refractivity contribution in [2.75, 3.05) is 24.2 Å². The molecule has 4 rings (SSSR count). The van der Waals surface area contributed by atoms with Crippen molar-refractivity contribution in [3.05, 3.63) is 95.1 Å². The molecule has 2 amide bonds. The smallest absolute Gasteiger partial charge is 0.244 e. The molecule has 0 saturated heterocycles. The number of aryl methyl sites for hydroxylation is 2. The van der Waals surface area contributed by atoms with E-state index in [0.717, 1.165) is 58.5 Å². The lowest BCUT2D eigenvalue weighted by molar-refractivity contribution is -0.140. The molecule has 0 unspecified atom stereocenters. The van der Waals surface area contributed by atoms with E-state index in [2.05, 4.69) is 5.32 Å². The van der Waals surface area contributed by atoms with Gasteiger partial charge in [-0.3, -0.25) is 13.9 Å². The number of methoxy groups -OCH3 is 1. The van der Waals surface area contributed by atoms with Crippen LogP contribution in [0.3, 0.4) is 0 Å². The molecular formula is C33H41N3O5S. The van der Waals surface area contributed by atoms with Crippen molar-refractivity contribution in [2.45, 2.75) is 64.6 Å². The summed E-state index contributed by atoms with van der Waals surface area (Å²) in [6.45, 7) is 3.37. The van der Waals surface area contributed by atoms with E-state index < -0.39 is 28.5 Å². The number of sulfonamides is 1. The van der Waals surface area contributed by atoms with Gasteiger partial charge in [0.2, 0.25) is 21.8 Å². The lowest BCUT2D eigenvalue weighted by atomic mass is 10.0. The van der Waals surface area contributed by atoms with Crippen molar-refractivity contribution < 1.29 is 22.7 Å². The first-order valence-corrected chi connectivity index (χ1v) is 16.2. The Hall–Kier alpha value is -3.85. The molecule has 1 fully saturated rings. The SMILES string of the molecule is COc1cccc(CN(C(=O)CN(c2cc(C)ccc2C)S(C)(=O)=O)[C@H](Cc2ccccc2)C(=O)NC2CCCC2)c1. The van der Waals surface area contributed by atoms with Gasteiger partial charge < -0.3 is 15.0 Å². The fourth-order valence-corrected chi connectivity index (χ4v) is 6.37. The molecule has 1 saturated carbocycles. The summed E-state index contributed by atoms with van der Waals surface area (Å²) in [6, 6.07) is 21.6. The zero-order valence-electron chi connectivity index (χ0n) is 24.9. The molecule has 0 heterocycles. The monoisotopic (exact) mass is 591 g/mol. The van der Waals surface area contributed by atoms with Crippen molar-refractivity contribution in [2.24, 2.45) is 0 Å². The van der Waals surface area contributed by atoms with Crippen LogP contribution in [0.15, 0.2) is 72.8 Å². The van der Waals surface area contributed by atoms with Crippen molar-refractivity contribution >= 4 is 27.5 Å². The maximum atomic E-state index is 14.3. The van der Waals surface area contributed by atoms with Crippen LogP contribution < -0.4 is 14.4 Å². The van der Waals surface area contributed by atoms with E-state index in [-0.39, 0.29) is 24.9 Å². The van der Waals surface area contributed by atoms with Crippen molar-refractivity contribution in [1.82, 2.24) is 10.2 Å². The van der Waals surface area contributed by atoms with Gasteiger partial charge in [0, 0.05) is 19.0 Å². The summed E-state index contributed by atoms with van der Waals surface area (Å²) in [6.07, 6.45) is 5.31. The number of amides is 2. The largest absolute Gasteiger partial charge is 0.497 e. The minimum absolute atomic E-state index is 0.0620. The van der Waals surface area contributed by atoms with Crippen LogP contribution in [-0.4, -0.2) is 57.1 Å². The topological polar surface area (TPSA) is 96.0 Å². The summed E-state index contributed by atoms with van der Waals surface area (Å²) in [7, 11) is -2.25. The van der Waals surface area contributed by atoms with E-state index in [1.807, 2.05) is 80.6 Å². The summed E-state index contributed by atoms with van der Waals surface area (Å²) in [4.78, 5) is 29.8. The Morgan fingerprint density at radius 3 is 2.31 bits per heavy atom. The number of carbonyl (C=O) groups is 2. The molecule has 0 bridgehead atoms. The number of hydrogen-bond donors (Lipinski definition) is 1. The highest BCUT2D eigenvalue weighted by Crippen LogP contribution is 2.26. The molecule has 0 aromatic heterocycles. The van der Waals surface area contributed by atoms with Crippen LogP contribution in [0.4, 0.5) is 5.69 Å². The maximum absolute atomic E-state index is 14.3. The minimum Gasteiger partial charge on any atom is -0.497 e. The van der Waals surface area contributed by atoms with Gasteiger partial charge in [-0.2, -0.15) is 0 Å². The molecular weight excluding hydrogens is 550 g/mol. The summed E-state index contributed by atoms with van der Waals surface area (Å²) >= 11 is 0. The number of ether oxygens (including phenoxy) is 1. The Kier molecular flexibility index (Phi) is 10.3. The Morgan fingerprint density at radius 1 is 0.952 bits per heavy atom. The maximum Gasteiger partial charge on any atom is 0.244 e. The van der Waals surface area contributed by atoms with Gasteiger partial charge in [0.15, 0.2) is 0 Å². The predicted octanol–water partition coefficient (Wildman–Crippen LogP) is 4.78. The number of nitrogens with zero attached hydrogens (tertiary/aromatic N) is 2. The molecule has 8 nitrogen and oxygen atoms in total. The van der Waals surface area contributed by atoms with Gasteiger partial charge >= 0.3 is 0 Å². The van der Waals surface area contributed by atoms with E-state index >= 15 is 0 Å². The van der Waals surface area contributed by atoms with Gasteiger partial charge in [0.05, 0.1) is 19.1 Å². The van der Waals surface area contributed by atoms with Gasteiger partial charge in [0.25, 0.3) is 0 Å². The van der Waals surface area contributed by atoms with Crippen LogP contribution in [0.25, 0.3) is 0 Å². The average molecular weight is 592 g/mol. The van der Waals surface area contributed by atoms with Crippen LogP contribution in [-0.2, 0) is 32.6 Å².